The highest BCUT2D eigenvalue weighted by molar-refractivity contribution is 7.16. The predicted octanol–water partition coefficient (Wildman–Crippen LogP) is -1.27. The quantitative estimate of drug-likeness (QED) is 0.132. The summed E-state index contributed by atoms with van der Waals surface area (Å²) in [6.45, 7) is 7.92. The van der Waals surface area contributed by atoms with E-state index in [-0.39, 0.29) is 54.8 Å². The van der Waals surface area contributed by atoms with E-state index in [1.54, 1.807) is 13.8 Å². The van der Waals surface area contributed by atoms with E-state index < -0.39 is 59.9 Å². The van der Waals surface area contributed by atoms with Gasteiger partial charge in [-0.2, -0.15) is 0 Å². The maximum atomic E-state index is 12.5. The Morgan fingerprint density at radius 2 is 1.36 bits per heavy atom. The Hall–Kier alpha value is -3.67. The van der Waals surface area contributed by atoms with Gasteiger partial charge in [0.05, 0.1) is 12.7 Å². The highest BCUT2D eigenvalue weighted by atomic mass is 32.1. The number of hydrogen-bond donors (Lipinski definition) is 6. The van der Waals surface area contributed by atoms with Crippen molar-refractivity contribution >= 4 is 49.3 Å². The Kier molecular flexibility index (Phi) is 11.8. The molecule has 19 nitrogen and oxygen atoms in total. The third-order valence-corrected chi connectivity index (χ3v) is 9.50. The molecular weight excluding hydrogens is 666 g/mol. The first-order chi connectivity index (χ1) is 21.3. The van der Waals surface area contributed by atoms with Crippen molar-refractivity contribution in [1.82, 2.24) is 35.2 Å². The number of nitrogens with one attached hydrogen (secondary N) is 2. The van der Waals surface area contributed by atoms with E-state index in [4.69, 9.17) is 19.3 Å². The summed E-state index contributed by atoms with van der Waals surface area (Å²) < 4.78 is 19.5. The van der Waals surface area contributed by atoms with Gasteiger partial charge in [0, 0.05) is 12.8 Å². The first-order valence-electron chi connectivity index (χ1n) is 14.0. The van der Waals surface area contributed by atoms with Crippen molar-refractivity contribution in [3.8, 4) is 0 Å². The molecule has 21 heteroatoms. The average Bonchev–Trinajstić information content (AvgIpc) is 3.66. The summed E-state index contributed by atoms with van der Waals surface area (Å²) in [6, 6.07) is 0. The number of aliphatic hydroxyl groups is 3. The SMILES string of the molecule is CC[C@H]1O[C@@H](n2c(=O)sc3c(=O)[nH]c(C)nc32)[C@H](OC(C)=O)[C@@H]1C.Cc1nc2c(sc(=O)n2[C@@H]2O[C@H](CO)[C@@H](O)[C@H]2O)c(=O)[nH]1.N.O. The number of carbonyl (C=O) groups excluding carboxylic acids is 1. The Morgan fingerprint density at radius 3 is 1.79 bits per heavy atom. The molecule has 6 heterocycles. The van der Waals surface area contributed by atoms with Crippen molar-refractivity contribution < 1.29 is 39.8 Å². The zero-order valence-electron chi connectivity index (χ0n) is 26.0. The molecule has 0 saturated carbocycles. The Bertz CT molecular complexity index is 1980. The lowest BCUT2D eigenvalue weighted by atomic mass is 9.98. The van der Waals surface area contributed by atoms with Gasteiger partial charge in [-0.15, -0.1) is 0 Å². The summed E-state index contributed by atoms with van der Waals surface area (Å²) in [6.07, 6.45) is -5.76. The largest absolute Gasteiger partial charge is 0.457 e. The maximum absolute atomic E-state index is 12.5. The molecule has 0 aliphatic carbocycles. The van der Waals surface area contributed by atoms with Gasteiger partial charge in [-0.05, 0) is 20.3 Å². The molecule has 0 aromatic carbocycles. The molecule has 10 N–H and O–H groups in total. The minimum Gasteiger partial charge on any atom is -0.457 e. The number of fused-ring (bicyclic) bond motifs is 2. The number of esters is 1. The molecule has 2 saturated heterocycles. The number of aryl methyl sites for hydroxylation is 2. The maximum Gasteiger partial charge on any atom is 0.311 e. The molecule has 4 aromatic heterocycles. The molecule has 47 heavy (non-hydrogen) atoms. The minimum absolute atomic E-state index is 0. The number of H-pyrrole nitrogens is 2. The van der Waals surface area contributed by atoms with Crippen LogP contribution in [0.5, 0.6) is 0 Å². The first kappa shape index (κ1) is 37.8. The van der Waals surface area contributed by atoms with E-state index in [9.17, 15) is 34.2 Å². The molecule has 2 fully saturated rings. The summed E-state index contributed by atoms with van der Waals surface area (Å²) in [5.74, 6) is 0.201. The molecule has 0 amide bonds. The van der Waals surface area contributed by atoms with Gasteiger partial charge in [-0.25, -0.2) is 9.97 Å². The van der Waals surface area contributed by atoms with Crippen molar-refractivity contribution in [3.63, 3.8) is 0 Å². The van der Waals surface area contributed by atoms with Crippen LogP contribution in [0.4, 0.5) is 0 Å². The van der Waals surface area contributed by atoms with E-state index in [0.29, 0.717) is 23.0 Å². The lowest BCUT2D eigenvalue weighted by Crippen LogP contribution is -2.34. The number of aliphatic hydroxyl groups excluding tert-OH is 3. The van der Waals surface area contributed by atoms with Crippen LogP contribution in [0.25, 0.3) is 20.7 Å². The zero-order valence-corrected chi connectivity index (χ0v) is 27.6. The van der Waals surface area contributed by atoms with Crippen LogP contribution in [0.3, 0.4) is 0 Å². The van der Waals surface area contributed by atoms with Crippen LogP contribution < -0.4 is 27.0 Å². The average molecular weight is 704 g/mol. The minimum atomic E-state index is -1.40. The van der Waals surface area contributed by atoms with Gasteiger partial charge in [0.2, 0.25) is 0 Å². The van der Waals surface area contributed by atoms with Gasteiger partial charge in [0.1, 0.15) is 39.4 Å². The van der Waals surface area contributed by atoms with Crippen LogP contribution in [0.1, 0.15) is 51.3 Å². The highest BCUT2D eigenvalue weighted by Gasteiger charge is 2.46. The first-order valence-corrected chi connectivity index (χ1v) is 15.6. The topological polar surface area (TPSA) is 307 Å². The van der Waals surface area contributed by atoms with Crippen molar-refractivity contribution in [2.45, 2.75) is 84.0 Å². The number of aromatic amines is 2. The lowest BCUT2D eigenvalue weighted by Gasteiger charge is -2.21. The molecular formula is C26H37N7O12S2. The third-order valence-electron chi connectivity index (χ3n) is 7.61. The molecule has 260 valence electrons. The zero-order chi connectivity index (χ0) is 32.9. The molecule has 4 aromatic rings. The fraction of sp³-hybridized carbons (Fsp3) is 0.577. The molecule has 0 radical (unpaired) electrons. The van der Waals surface area contributed by atoms with Gasteiger partial charge in [0.25, 0.3) is 11.1 Å². The van der Waals surface area contributed by atoms with Crippen LogP contribution in [-0.2, 0) is 19.0 Å². The molecule has 2 aliphatic heterocycles. The fourth-order valence-corrected chi connectivity index (χ4v) is 7.19. The summed E-state index contributed by atoms with van der Waals surface area (Å²) in [5, 5.41) is 28.9. The number of ether oxygens (including phenoxy) is 3. The number of carbonyl (C=O) groups is 1. The van der Waals surface area contributed by atoms with Crippen molar-refractivity contribution in [3.05, 3.63) is 51.7 Å². The Morgan fingerprint density at radius 1 is 0.894 bits per heavy atom. The van der Waals surface area contributed by atoms with Gasteiger partial charge in [-0.3, -0.25) is 33.1 Å². The van der Waals surface area contributed by atoms with Crippen LogP contribution >= 0.6 is 22.7 Å². The number of hydrogen-bond acceptors (Lipinski definition) is 16. The molecule has 6 rings (SSSR count). The van der Waals surface area contributed by atoms with E-state index in [1.165, 1.54) is 11.5 Å². The third kappa shape index (κ3) is 6.84. The van der Waals surface area contributed by atoms with Crippen molar-refractivity contribution in [1.29, 1.82) is 0 Å². The van der Waals surface area contributed by atoms with Gasteiger partial charge >= 0.3 is 15.7 Å². The van der Waals surface area contributed by atoms with E-state index >= 15 is 0 Å². The molecule has 2 aliphatic rings. The molecule has 0 spiro atoms. The van der Waals surface area contributed by atoms with Gasteiger partial charge < -0.3 is 51.1 Å². The highest BCUT2D eigenvalue weighted by Crippen LogP contribution is 2.38. The second-order valence-corrected chi connectivity index (χ2v) is 12.6. The number of nitrogens with zero attached hydrogens (tertiary/aromatic N) is 4. The van der Waals surface area contributed by atoms with Gasteiger partial charge in [-0.1, -0.05) is 36.5 Å². The Labute approximate surface area is 272 Å². The van der Waals surface area contributed by atoms with Crippen LogP contribution in [0.15, 0.2) is 19.2 Å². The summed E-state index contributed by atoms with van der Waals surface area (Å²) in [5.41, 5.74) is -0.469. The number of rotatable bonds is 5. The fourth-order valence-electron chi connectivity index (χ4n) is 5.50. The number of thiazole rings is 2. The normalized spacial score (nSPS) is 26.8. The summed E-state index contributed by atoms with van der Waals surface area (Å²) >= 11 is 1.49. The standard InChI is InChI=1S/C15H19N3O5S.C11H13N3O6S.H3N.H2O/c1-5-9-6(2)10(22-8(4)19)14(23-9)18-12-11(24-15(18)21)13(20)17-7(3)16-12;1-3-12-8-7(9(18)13-3)21-11(19)14(8)10-6(17)5(16)4(2-15)20-10;;/h6,9-10,14H,5H2,1-4H3,(H,16,17,20);4-6,10,15-17H,2H2,1H3,(H,12,13,18);1H3;1H2/t6-,9-,10-,14-;4-,5-,6-,10-;;/m11../s1. The van der Waals surface area contributed by atoms with Gasteiger partial charge in [0.15, 0.2) is 29.9 Å². The van der Waals surface area contributed by atoms with E-state index in [0.717, 1.165) is 22.3 Å². The van der Waals surface area contributed by atoms with Crippen LogP contribution in [0, 0.1) is 19.8 Å². The molecule has 0 unspecified atom stereocenters. The second kappa shape index (κ2) is 14.6. The second-order valence-electron chi connectivity index (χ2n) is 10.7. The number of aromatic nitrogens is 6. The van der Waals surface area contributed by atoms with Crippen molar-refractivity contribution in [2.75, 3.05) is 6.61 Å². The summed E-state index contributed by atoms with van der Waals surface area (Å²) in [7, 11) is 0. The van der Waals surface area contributed by atoms with Crippen LogP contribution in [0.2, 0.25) is 0 Å². The molecule has 0 bridgehead atoms. The predicted molar refractivity (Wildman–Crippen MR) is 169 cm³/mol. The van der Waals surface area contributed by atoms with E-state index in [1.807, 2.05) is 13.8 Å². The monoisotopic (exact) mass is 703 g/mol. The van der Waals surface area contributed by atoms with E-state index in [2.05, 4.69) is 19.9 Å². The van der Waals surface area contributed by atoms with Crippen LogP contribution in [-0.4, -0.2) is 93.0 Å². The van der Waals surface area contributed by atoms with Crippen molar-refractivity contribution in [2.24, 2.45) is 5.92 Å². The Balaban J connectivity index is 0.000000247. The molecule has 8 atom stereocenters. The summed E-state index contributed by atoms with van der Waals surface area (Å²) in [4.78, 5) is 72.5. The smallest absolute Gasteiger partial charge is 0.311 e. The lowest BCUT2D eigenvalue weighted by molar-refractivity contribution is -0.153.